The van der Waals surface area contributed by atoms with E-state index in [2.05, 4.69) is 0 Å². The molecule has 1 amide bonds. The molecular formula is C27H23ClFNO4. The van der Waals surface area contributed by atoms with E-state index in [0.29, 0.717) is 40.1 Å². The van der Waals surface area contributed by atoms with E-state index in [4.69, 9.17) is 16.3 Å². The Morgan fingerprint density at radius 3 is 2.21 bits per heavy atom. The molecule has 0 saturated carbocycles. The van der Waals surface area contributed by atoms with Crippen LogP contribution in [0.25, 0.3) is 5.76 Å². The molecule has 1 atom stereocenters. The highest BCUT2D eigenvalue weighted by atomic mass is 35.5. The number of amides is 1. The van der Waals surface area contributed by atoms with E-state index in [-0.39, 0.29) is 11.3 Å². The zero-order valence-corrected chi connectivity index (χ0v) is 19.4. The van der Waals surface area contributed by atoms with Crippen molar-refractivity contribution in [3.8, 4) is 5.75 Å². The molecule has 34 heavy (non-hydrogen) atoms. The Balaban J connectivity index is 1.81. The Bertz CT molecular complexity index is 1240. The van der Waals surface area contributed by atoms with E-state index in [1.54, 1.807) is 48.5 Å². The average molecular weight is 480 g/mol. The van der Waals surface area contributed by atoms with Crippen molar-refractivity contribution in [2.24, 2.45) is 5.92 Å². The largest absolute Gasteiger partial charge is 0.507 e. The summed E-state index contributed by atoms with van der Waals surface area (Å²) in [5, 5.41) is 11.6. The number of aliphatic hydroxyl groups excluding tert-OH is 1. The minimum Gasteiger partial charge on any atom is -0.507 e. The van der Waals surface area contributed by atoms with Crippen molar-refractivity contribution in [2.75, 3.05) is 11.5 Å². The Kier molecular flexibility index (Phi) is 6.70. The van der Waals surface area contributed by atoms with Crippen LogP contribution in [0.1, 0.15) is 31.0 Å². The summed E-state index contributed by atoms with van der Waals surface area (Å²) in [6, 6.07) is 17.6. The summed E-state index contributed by atoms with van der Waals surface area (Å²) in [5.74, 6) is -1.42. The summed E-state index contributed by atoms with van der Waals surface area (Å²) in [7, 11) is 0. The Morgan fingerprint density at radius 2 is 1.62 bits per heavy atom. The lowest BCUT2D eigenvalue weighted by molar-refractivity contribution is -0.132. The third kappa shape index (κ3) is 4.68. The maximum Gasteiger partial charge on any atom is 0.300 e. The molecule has 1 fully saturated rings. The molecule has 174 valence electrons. The number of carbonyl (C=O) groups is 2. The number of Topliss-reactive ketones (excluding diaryl/α,β-unsaturated/α-hetero) is 1. The molecule has 1 aliphatic heterocycles. The van der Waals surface area contributed by atoms with Crippen LogP contribution in [0.15, 0.2) is 78.4 Å². The first-order chi connectivity index (χ1) is 16.3. The van der Waals surface area contributed by atoms with Gasteiger partial charge in [0, 0.05) is 16.3 Å². The molecule has 1 heterocycles. The van der Waals surface area contributed by atoms with Gasteiger partial charge in [0.1, 0.15) is 17.3 Å². The fourth-order valence-electron chi connectivity index (χ4n) is 3.79. The number of carbonyl (C=O) groups excluding carboxylic acids is 2. The maximum absolute atomic E-state index is 13.6. The van der Waals surface area contributed by atoms with Crippen LogP contribution < -0.4 is 9.64 Å². The van der Waals surface area contributed by atoms with Gasteiger partial charge in [0.2, 0.25) is 0 Å². The number of rotatable bonds is 6. The van der Waals surface area contributed by atoms with Crippen molar-refractivity contribution in [1.29, 1.82) is 0 Å². The minimum atomic E-state index is -0.946. The van der Waals surface area contributed by atoms with Crippen molar-refractivity contribution >= 4 is 34.7 Å². The summed E-state index contributed by atoms with van der Waals surface area (Å²) >= 11 is 5.99. The molecule has 0 radical (unpaired) electrons. The number of ether oxygens (including phenoxy) is 1. The molecule has 1 saturated heterocycles. The highest BCUT2D eigenvalue weighted by Gasteiger charge is 2.46. The van der Waals surface area contributed by atoms with Gasteiger partial charge in [0.05, 0.1) is 18.2 Å². The molecule has 1 aliphatic rings. The summed E-state index contributed by atoms with van der Waals surface area (Å²) in [6.45, 7) is 4.62. The monoisotopic (exact) mass is 479 g/mol. The van der Waals surface area contributed by atoms with Crippen LogP contribution >= 0.6 is 11.6 Å². The van der Waals surface area contributed by atoms with E-state index in [9.17, 15) is 19.1 Å². The van der Waals surface area contributed by atoms with Crippen molar-refractivity contribution in [3.05, 3.63) is 100 Å². The van der Waals surface area contributed by atoms with Crippen LogP contribution in [-0.4, -0.2) is 23.4 Å². The lowest BCUT2D eigenvalue weighted by Crippen LogP contribution is -2.29. The van der Waals surface area contributed by atoms with Crippen LogP contribution in [0.4, 0.5) is 10.1 Å². The Morgan fingerprint density at radius 1 is 1.00 bits per heavy atom. The molecule has 1 unspecified atom stereocenters. The molecule has 0 aliphatic carbocycles. The van der Waals surface area contributed by atoms with Crippen molar-refractivity contribution in [1.82, 2.24) is 0 Å². The first kappa shape index (κ1) is 23.5. The molecule has 0 aromatic heterocycles. The van der Waals surface area contributed by atoms with E-state index in [1.807, 2.05) is 13.8 Å². The Labute approximate surface area is 202 Å². The summed E-state index contributed by atoms with van der Waals surface area (Å²) < 4.78 is 19.3. The van der Waals surface area contributed by atoms with Crippen molar-refractivity contribution < 1.29 is 23.8 Å². The fourth-order valence-corrected chi connectivity index (χ4v) is 3.91. The topological polar surface area (TPSA) is 66.8 Å². The highest BCUT2D eigenvalue weighted by molar-refractivity contribution is 6.51. The van der Waals surface area contributed by atoms with Gasteiger partial charge in [-0.15, -0.1) is 0 Å². The Hall–Kier alpha value is -3.64. The normalized spacial score (nSPS) is 17.4. The number of benzene rings is 3. The number of hydrogen-bond acceptors (Lipinski definition) is 4. The number of ketones is 1. The van der Waals surface area contributed by atoms with Crippen molar-refractivity contribution in [3.63, 3.8) is 0 Å². The SMILES string of the molecule is CC(C)COc1ccc(/C(O)=C2\C(=O)C(=O)N(c3ccc(Cl)cc3)C2c2ccc(F)cc2)cc1. The summed E-state index contributed by atoms with van der Waals surface area (Å²) in [5.41, 5.74) is 1.19. The van der Waals surface area contributed by atoms with Gasteiger partial charge in [-0.2, -0.15) is 0 Å². The van der Waals surface area contributed by atoms with Gasteiger partial charge in [0.15, 0.2) is 0 Å². The van der Waals surface area contributed by atoms with Gasteiger partial charge in [-0.3, -0.25) is 14.5 Å². The second-order valence-electron chi connectivity index (χ2n) is 8.43. The van der Waals surface area contributed by atoms with E-state index >= 15 is 0 Å². The molecule has 4 rings (SSSR count). The maximum atomic E-state index is 13.6. The second-order valence-corrected chi connectivity index (χ2v) is 8.86. The number of nitrogens with zero attached hydrogens (tertiary/aromatic N) is 1. The van der Waals surface area contributed by atoms with Crippen LogP contribution in [-0.2, 0) is 9.59 Å². The molecule has 1 N–H and O–H groups in total. The number of hydrogen-bond donors (Lipinski definition) is 1. The molecule has 3 aromatic rings. The predicted octanol–water partition coefficient (Wildman–Crippen LogP) is 6.14. The van der Waals surface area contributed by atoms with Gasteiger partial charge in [-0.25, -0.2) is 4.39 Å². The van der Waals surface area contributed by atoms with Crippen LogP contribution in [0, 0.1) is 11.7 Å². The summed E-state index contributed by atoms with van der Waals surface area (Å²) in [6.07, 6.45) is 0. The predicted molar refractivity (Wildman–Crippen MR) is 129 cm³/mol. The van der Waals surface area contributed by atoms with Gasteiger partial charge in [-0.1, -0.05) is 37.6 Å². The first-order valence-corrected chi connectivity index (χ1v) is 11.2. The van der Waals surface area contributed by atoms with Gasteiger partial charge < -0.3 is 9.84 Å². The number of anilines is 1. The fraction of sp³-hybridized carbons (Fsp3) is 0.185. The van der Waals surface area contributed by atoms with E-state index < -0.39 is 23.5 Å². The molecule has 0 spiro atoms. The van der Waals surface area contributed by atoms with E-state index in [1.165, 1.54) is 29.2 Å². The van der Waals surface area contributed by atoms with Crippen molar-refractivity contribution in [2.45, 2.75) is 19.9 Å². The average Bonchev–Trinajstić information content (AvgIpc) is 3.09. The molecule has 7 heteroatoms. The molecule has 3 aromatic carbocycles. The zero-order valence-electron chi connectivity index (χ0n) is 18.7. The minimum absolute atomic E-state index is 0.0811. The molecular weight excluding hydrogens is 457 g/mol. The van der Waals surface area contributed by atoms with Crippen LogP contribution in [0.2, 0.25) is 5.02 Å². The number of aliphatic hydroxyl groups is 1. The zero-order chi connectivity index (χ0) is 24.4. The third-order valence-corrected chi connectivity index (χ3v) is 5.70. The van der Waals surface area contributed by atoms with Gasteiger partial charge in [-0.05, 0) is 72.1 Å². The quantitative estimate of drug-likeness (QED) is 0.262. The van der Waals surface area contributed by atoms with Crippen LogP contribution in [0.5, 0.6) is 5.75 Å². The highest BCUT2D eigenvalue weighted by Crippen LogP contribution is 2.42. The number of halogens is 2. The van der Waals surface area contributed by atoms with Gasteiger partial charge >= 0.3 is 0 Å². The van der Waals surface area contributed by atoms with E-state index in [0.717, 1.165) is 0 Å². The lowest BCUT2D eigenvalue weighted by atomic mass is 9.95. The molecule has 0 bridgehead atoms. The lowest BCUT2D eigenvalue weighted by Gasteiger charge is -2.25. The second kappa shape index (κ2) is 9.69. The summed E-state index contributed by atoms with van der Waals surface area (Å²) in [4.78, 5) is 27.5. The molecule has 5 nitrogen and oxygen atoms in total. The first-order valence-electron chi connectivity index (χ1n) is 10.8. The van der Waals surface area contributed by atoms with Gasteiger partial charge in [0.25, 0.3) is 11.7 Å². The standard InChI is InChI=1S/C27H23ClFNO4/c1-16(2)15-34-22-13-5-18(6-14-22)25(31)23-24(17-3-9-20(29)10-4-17)30(27(33)26(23)32)21-11-7-19(28)8-12-21/h3-14,16,24,31H,15H2,1-2H3/b25-23+. The third-order valence-electron chi connectivity index (χ3n) is 5.45. The smallest absolute Gasteiger partial charge is 0.300 e. The van der Waals surface area contributed by atoms with Crippen LogP contribution in [0.3, 0.4) is 0 Å².